The standard InChI is InChI=1S/C15H23N3O2S/c1-9(2)13-11-8-12(21-15(11)18(4)17-13)14(20)16-10(3)6-5-7-19/h8-10,19H,5-7H2,1-4H3,(H,16,20). The molecule has 0 radical (unpaired) electrons. The van der Waals surface area contributed by atoms with Gasteiger partial charge in [-0.25, -0.2) is 0 Å². The number of rotatable bonds is 6. The average Bonchev–Trinajstić information content (AvgIpc) is 2.97. The molecule has 5 nitrogen and oxygen atoms in total. The lowest BCUT2D eigenvalue weighted by Gasteiger charge is -2.12. The molecule has 0 bridgehead atoms. The van der Waals surface area contributed by atoms with Crippen LogP contribution in [0, 0.1) is 0 Å². The molecule has 116 valence electrons. The topological polar surface area (TPSA) is 67.2 Å². The second kappa shape index (κ2) is 6.58. The summed E-state index contributed by atoms with van der Waals surface area (Å²) in [4.78, 5) is 14.0. The Morgan fingerprint density at radius 2 is 2.19 bits per heavy atom. The number of carbonyl (C=O) groups excluding carboxylic acids is 1. The molecule has 2 rings (SSSR count). The van der Waals surface area contributed by atoms with Crippen molar-refractivity contribution in [1.82, 2.24) is 15.1 Å². The van der Waals surface area contributed by atoms with Crippen LogP contribution in [0.5, 0.6) is 0 Å². The van der Waals surface area contributed by atoms with Gasteiger partial charge < -0.3 is 10.4 Å². The molecule has 2 N–H and O–H groups in total. The van der Waals surface area contributed by atoms with Crippen molar-refractivity contribution in [3.8, 4) is 0 Å². The van der Waals surface area contributed by atoms with Crippen LogP contribution < -0.4 is 5.32 Å². The Balaban J connectivity index is 2.19. The molecule has 1 atom stereocenters. The summed E-state index contributed by atoms with van der Waals surface area (Å²) in [5, 5.41) is 17.4. The highest BCUT2D eigenvalue weighted by Crippen LogP contribution is 2.31. The van der Waals surface area contributed by atoms with Crippen LogP contribution >= 0.6 is 11.3 Å². The third-order valence-corrected chi connectivity index (χ3v) is 4.68. The number of aryl methyl sites for hydroxylation is 1. The summed E-state index contributed by atoms with van der Waals surface area (Å²) in [6.45, 7) is 6.33. The second-order valence-electron chi connectivity index (χ2n) is 5.73. The normalized spacial score (nSPS) is 13.0. The van der Waals surface area contributed by atoms with Crippen molar-refractivity contribution in [3.05, 3.63) is 16.6 Å². The van der Waals surface area contributed by atoms with Crippen molar-refractivity contribution in [2.45, 2.75) is 45.6 Å². The molecule has 1 unspecified atom stereocenters. The third kappa shape index (κ3) is 3.44. The lowest BCUT2D eigenvalue weighted by molar-refractivity contribution is 0.0940. The van der Waals surface area contributed by atoms with E-state index in [1.54, 1.807) is 0 Å². The molecule has 0 aliphatic rings. The molecule has 0 fully saturated rings. The van der Waals surface area contributed by atoms with E-state index < -0.39 is 0 Å². The SMILES string of the molecule is CC(CCCO)NC(=O)c1cc2c(C(C)C)nn(C)c2s1. The average molecular weight is 309 g/mol. The molecule has 0 saturated heterocycles. The lowest BCUT2D eigenvalue weighted by Crippen LogP contribution is -2.32. The van der Waals surface area contributed by atoms with E-state index in [1.807, 2.05) is 24.7 Å². The Kier molecular flexibility index (Phi) is 5.00. The quantitative estimate of drug-likeness (QED) is 0.862. The van der Waals surface area contributed by atoms with Gasteiger partial charge in [0.15, 0.2) is 0 Å². The van der Waals surface area contributed by atoms with Gasteiger partial charge in [-0.15, -0.1) is 11.3 Å². The molecular formula is C15H23N3O2S. The van der Waals surface area contributed by atoms with Gasteiger partial charge in [0, 0.05) is 25.1 Å². The summed E-state index contributed by atoms with van der Waals surface area (Å²) >= 11 is 1.48. The van der Waals surface area contributed by atoms with Crippen LogP contribution in [0.25, 0.3) is 10.2 Å². The number of aliphatic hydroxyl groups excluding tert-OH is 1. The fourth-order valence-corrected chi connectivity index (χ4v) is 3.35. The zero-order valence-corrected chi connectivity index (χ0v) is 13.8. The molecular weight excluding hydrogens is 286 g/mol. The van der Waals surface area contributed by atoms with E-state index >= 15 is 0 Å². The van der Waals surface area contributed by atoms with Crippen LogP contribution in [0.3, 0.4) is 0 Å². The fraction of sp³-hybridized carbons (Fsp3) is 0.600. The maximum absolute atomic E-state index is 12.3. The summed E-state index contributed by atoms with van der Waals surface area (Å²) in [6, 6.07) is 2.01. The minimum absolute atomic E-state index is 0.0451. The number of nitrogens with zero attached hydrogens (tertiary/aromatic N) is 2. The van der Waals surface area contributed by atoms with Crippen LogP contribution in [-0.4, -0.2) is 33.4 Å². The predicted molar refractivity (Wildman–Crippen MR) is 85.9 cm³/mol. The summed E-state index contributed by atoms with van der Waals surface area (Å²) in [6.07, 6.45) is 1.49. The summed E-state index contributed by atoms with van der Waals surface area (Å²) in [5.41, 5.74) is 1.04. The highest BCUT2D eigenvalue weighted by atomic mass is 32.1. The molecule has 0 saturated carbocycles. The highest BCUT2D eigenvalue weighted by molar-refractivity contribution is 7.20. The smallest absolute Gasteiger partial charge is 0.261 e. The number of nitrogens with one attached hydrogen (secondary N) is 1. The van der Waals surface area contributed by atoms with Crippen LogP contribution in [-0.2, 0) is 7.05 Å². The molecule has 2 heterocycles. The van der Waals surface area contributed by atoms with Crippen molar-refractivity contribution >= 4 is 27.5 Å². The molecule has 21 heavy (non-hydrogen) atoms. The van der Waals surface area contributed by atoms with Gasteiger partial charge in [0.1, 0.15) is 4.83 Å². The Labute approximate surface area is 129 Å². The van der Waals surface area contributed by atoms with Gasteiger partial charge in [0.25, 0.3) is 5.91 Å². The monoisotopic (exact) mass is 309 g/mol. The van der Waals surface area contributed by atoms with Gasteiger partial charge in [-0.2, -0.15) is 5.10 Å². The molecule has 0 aliphatic heterocycles. The highest BCUT2D eigenvalue weighted by Gasteiger charge is 2.19. The fourth-order valence-electron chi connectivity index (χ4n) is 2.37. The maximum Gasteiger partial charge on any atom is 0.261 e. The minimum Gasteiger partial charge on any atom is -0.396 e. The first-order valence-electron chi connectivity index (χ1n) is 7.32. The van der Waals surface area contributed by atoms with E-state index in [0.717, 1.165) is 27.2 Å². The van der Waals surface area contributed by atoms with Gasteiger partial charge >= 0.3 is 0 Å². The van der Waals surface area contributed by atoms with Crippen molar-refractivity contribution in [2.75, 3.05) is 6.61 Å². The van der Waals surface area contributed by atoms with Crippen molar-refractivity contribution in [1.29, 1.82) is 0 Å². The van der Waals surface area contributed by atoms with E-state index in [-0.39, 0.29) is 18.6 Å². The molecule has 2 aromatic rings. The summed E-state index contributed by atoms with van der Waals surface area (Å²) in [7, 11) is 1.91. The van der Waals surface area contributed by atoms with Gasteiger partial charge in [-0.05, 0) is 31.7 Å². The van der Waals surface area contributed by atoms with Crippen molar-refractivity contribution in [3.63, 3.8) is 0 Å². The van der Waals surface area contributed by atoms with Gasteiger partial charge in [-0.1, -0.05) is 13.8 Å². The van der Waals surface area contributed by atoms with Crippen molar-refractivity contribution in [2.24, 2.45) is 7.05 Å². The third-order valence-electron chi connectivity index (χ3n) is 3.48. The maximum atomic E-state index is 12.3. The first-order chi connectivity index (χ1) is 9.93. The number of amides is 1. The lowest BCUT2D eigenvalue weighted by atomic mass is 10.1. The Hall–Kier alpha value is -1.40. The Bertz CT molecular complexity index is 630. The van der Waals surface area contributed by atoms with E-state index in [4.69, 9.17) is 5.11 Å². The molecule has 0 aromatic carbocycles. The number of hydrogen-bond donors (Lipinski definition) is 2. The summed E-state index contributed by atoms with van der Waals surface area (Å²) < 4.78 is 1.85. The zero-order chi connectivity index (χ0) is 15.6. The Morgan fingerprint density at radius 3 is 2.81 bits per heavy atom. The van der Waals surface area contributed by atoms with Gasteiger partial charge in [-0.3, -0.25) is 9.48 Å². The first-order valence-corrected chi connectivity index (χ1v) is 8.13. The van der Waals surface area contributed by atoms with Crippen LogP contribution in [0.1, 0.15) is 54.9 Å². The molecule has 2 aromatic heterocycles. The summed E-state index contributed by atoms with van der Waals surface area (Å²) in [5.74, 6) is 0.291. The number of aliphatic hydroxyl groups is 1. The first kappa shape index (κ1) is 16.0. The second-order valence-corrected chi connectivity index (χ2v) is 6.76. The molecule has 1 amide bonds. The van der Waals surface area contributed by atoms with Crippen LogP contribution in [0.15, 0.2) is 6.07 Å². The number of thiophene rings is 1. The van der Waals surface area contributed by atoms with Crippen LogP contribution in [0.4, 0.5) is 0 Å². The number of aromatic nitrogens is 2. The van der Waals surface area contributed by atoms with E-state index in [9.17, 15) is 4.79 Å². The molecule has 0 spiro atoms. The predicted octanol–water partition coefficient (Wildman–Crippen LogP) is 2.65. The van der Waals surface area contributed by atoms with E-state index in [2.05, 4.69) is 24.3 Å². The number of fused-ring (bicyclic) bond motifs is 1. The molecule has 6 heteroatoms. The largest absolute Gasteiger partial charge is 0.396 e. The van der Waals surface area contributed by atoms with E-state index in [1.165, 1.54) is 11.3 Å². The number of hydrogen-bond acceptors (Lipinski definition) is 4. The molecule has 0 aliphatic carbocycles. The zero-order valence-electron chi connectivity index (χ0n) is 13.0. The minimum atomic E-state index is -0.0451. The van der Waals surface area contributed by atoms with Gasteiger partial charge in [0.2, 0.25) is 0 Å². The van der Waals surface area contributed by atoms with Crippen molar-refractivity contribution < 1.29 is 9.90 Å². The van der Waals surface area contributed by atoms with Gasteiger partial charge in [0.05, 0.1) is 10.6 Å². The van der Waals surface area contributed by atoms with E-state index in [0.29, 0.717) is 12.3 Å². The van der Waals surface area contributed by atoms with Crippen LogP contribution in [0.2, 0.25) is 0 Å². The Morgan fingerprint density at radius 1 is 1.48 bits per heavy atom. The number of carbonyl (C=O) groups is 1.